The van der Waals surface area contributed by atoms with E-state index in [1.807, 2.05) is 12.1 Å². The summed E-state index contributed by atoms with van der Waals surface area (Å²) < 4.78 is 24.8. The molecule has 0 bridgehead atoms. The van der Waals surface area contributed by atoms with Gasteiger partial charge in [0.25, 0.3) is 0 Å². The lowest BCUT2D eigenvalue weighted by atomic mass is 10.2. The second kappa shape index (κ2) is 9.38. The van der Waals surface area contributed by atoms with Crippen molar-refractivity contribution in [3.63, 3.8) is 0 Å². The van der Waals surface area contributed by atoms with E-state index in [9.17, 15) is 19.1 Å². The zero-order chi connectivity index (χ0) is 20.8. The van der Waals surface area contributed by atoms with Gasteiger partial charge in [0.05, 0.1) is 26.4 Å². The molecule has 1 unspecified atom stereocenters. The average molecular weight is 402 g/mol. The Bertz CT molecular complexity index is 858. The second-order valence-electron chi connectivity index (χ2n) is 6.81. The molecule has 8 heteroatoms. The molecule has 0 aliphatic carbocycles. The number of benzene rings is 2. The molecule has 2 amide bonds. The van der Waals surface area contributed by atoms with Crippen LogP contribution in [0.15, 0.2) is 48.5 Å². The van der Waals surface area contributed by atoms with E-state index < -0.39 is 12.2 Å². The fourth-order valence-electron chi connectivity index (χ4n) is 3.16. The molecule has 2 aromatic rings. The van der Waals surface area contributed by atoms with Crippen molar-refractivity contribution in [3.05, 3.63) is 65.5 Å². The Morgan fingerprint density at radius 3 is 2.55 bits per heavy atom. The summed E-state index contributed by atoms with van der Waals surface area (Å²) in [6, 6.07) is 13.5. The highest BCUT2D eigenvalue weighted by molar-refractivity contribution is 5.82. The van der Waals surface area contributed by atoms with E-state index in [0.29, 0.717) is 17.9 Å². The van der Waals surface area contributed by atoms with Crippen LogP contribution < -0.4 is 4.74 Å². The number of carbonyl (C=O) groups is 2. The summed E-state index contributed by atoms with van der Waals surface area (Å²) in [6.07, 6.45) is -1.76. The molecule has 7 nitrogen and oxygen atoms in total. The van der Waals surface area contributed by atoms with E-state index in [2.05, 4.69) is 0 Å². The maximum absolute atomic E-state index is 13.9. The van der Waals surface area contributed by atoms with Gasteiger partial charge in [-0.15, -0.1) is 0 Å². The van der Waals surface area contributed by atoms with Crippen molar-refractivity contribution >= 4 is 12.0 Å². The molecule has 3 rings (SSSR count). The van der Waals surface area contributed by atoms with Crippen molar-refractivity contribution in [1.82, 2.24) is 9.80 Å². The molecular weight excluding hydrogens is 379 g/mol. The lowest BCUT2D eigenvalue weighted by Gasteiger charge is -2.24. The van der Waals surface area contributed by atoms with Gasteiger partial charge in [-0.1, -0.05) is 30.3 Å². The molecule has 0 aromatic heterocycles. The molecule has 0 spiro atoms. The highest BCUT2D eigenvalue weighted by atomic mass is 19.1. The van der Waals surface area contributed by atoms with Crippen LogP contribution in [0, 0.1) is 5.82 Å². The predicted octanol–water partition coefficient (Wildman–Crippen LogP) is 2.74. The van der Waals surface area contributed by atoms with E-state index in [1.54, 1.807) is 42.3 Å². The van der Waals surface area contributed by atoms with Gasteiger partial charge in [0.15, 0.2) is 0 Å². The summed E-state index contributed by atoms with van der Waals surface area (Å²) in [5.41, 5.74) is 1.27. The van der Waals surface area contributed by atoms with Gasteiger partial charge in [0.2, 0.25) is 5.91 Å². The van der Waals surface area contributed by atoms with Crippen LogP contribution in [-0.2, 0) is 22.7 Å². The molecule has 1 saturated heterocycles. The first-order valence-corrected chi connectivity index (χ1v) is 9.20. The number of methoxy groups -OCH3 is 1. The van der Waals surface area contributed by atoms with Crippen LogP contribution >= 0.6 is 0 Å². The highest BCUT2D eigenvalue weighted by Gasteiger charge is 2.31. The maximum atomic E-state index is 13.9. The SMILES string of the molecule is COc1ccc(CN2CC(OCc3ccccc3F)CN(C(=O)O)CC2=O)cc1. The van der Waals surface area contributed by atoms with Crippen LogP contribution in [0.25, 0.3) is 0 Å². The maximum Gasteiger partial charge on any atom is 0.407 e. The van der Waals surface area contributed by atoms with E-state index in [0.717, 1.165) is 10.5 Å². The molecule has 29 heavy (non-hydrogen) atoms. The topological polar surface area (TPSA) is 79.3 Å². The smallest absolute Gasteiger partial charge is 0.407 e. The molecule has 2 aromatic carbocycles. The fraction of sp³-hybridized carbons (Fsp3) is 0.333. The van der Waals surface area contributed by atoms with Crippen LogP contribution in [0.1, 0.15) is 11.1 Å². The number of ether oxygens (including phenoxy) is 2. The minimum Gasteiger partial charge on any atom is -0.497 e. The minimum atomic E-state index is -1.19. The third-order valence-corrected chi connectivity index (χ3v) is 4.76. The average Bonchev–Trinajstić information content (AvgIpc) is 2.87. The Morgan fingerprint density at radius 2 is 1.90 bits per heavy atom. The number of carbonyl (C=O) groups excluding carboxylic acids is 1. The summed E-state index contributed by atoms with van der Waals surface area (Å²) in [7, 11) is 1.57. The zero-order valence-corrected chi connectivity index (χ0v) is 16.1. The van der Waals surface area contributed by atoms with Gasteiger partial charge in [-0.25, -0.2) is 9.18 Å². The zero-order valence-electron chi connectivity index (χ0n) is 16.1. The third kappa shape index (κ3) is 5.45. The number of rotatable bonds is 6. The van der Waals surface area contributed by atoms with E-state index >= 15 is 0 Å². The van der Waals surface area contributed by atoms with Gasteiger partial charge in [0, 0.05) is 18.7 Å². The van der Waals surface area contributed by atoms with Crippen LogP contribution in [0.5, 0.6) is 5.75 Å². The molecule has 0 saturated carbocycles. The first kappa shape index (κ1) is 20.6. The van der Waals surface area contributed by atoms with E-state index in [1.165, 1.54) is 6.07 Å². The molecule has 1 N–H and O–H groups in total. The Hall–Kier alpha value is -3.13. The van der Waals surface area contributed by atoms with Crippen LogP contribution in [0.2, 0.25) is 0 Å². The Balaban J connectivity index is 1.72. The van der Waals surface area contributed by atoms with Crippen LogP contribution in [-0.4, -0.2) is 59.8 Å². The Labute approximate surface area is 168 Å². The Morgan fingerprint density at radius 1 is 1.17 bits per heavy atom. The second-order valence-corrected chi connectivity index (χ2v) is 6.81. The number of hydrogen-bond donors (Lipinski definition) is 1. The molecule has 154 valence electrons. The summed E-state index contributed by atoms with van der Waals surface area (Å²) in [6.45, 7) is 0.313. The first-order valence-electron chi connectivity index (χ1n) is 9.20. The van der Waals surface area contributed by atoms with E-state index in [-0.39, 0.29) is 38.0 Å². The number of amides is 2. The van der Waals surface area contributed by atoms with E-state index in [4.69, 9.17) is 9.47 Å². The monoisotopic (exact) mass is 402 g/mol. The van der Waals surface area contributed by atoms with Crippen molar-refractivity contribution in [1.29, 1.82) is 0 Å². The first-order chi connectivity index (χ1) is 14.0. The fourth-order valence-corrected chi connectivity index (χ4v) is 3.16. The van der Waals surface area contributed by atoms with Gasteiger partial charge >= 0.3 is 6.09 Å². The summed E-state index contributed by atoms with van der Waals surface area (Å²) >= 11 is 0. The molecule has 1 aliphatic rings. The summed E-state index contributed by atoms with van der Waals surface area (Å²) in [4.78, 5) is 26.7. The summed E-state index contributed by atoms with van der Waals surface area (Å²) in [5.74, 6) is 0.0154. The normalized spacial score (nSPS) is 17.2. The standard InChI is InChI=1S/C21H23FN2O5/c1-28-17-8-6-15(7-9-17)10-23-11-18(12-24(21(26)27)13-20(23)25)29-14-16-4-2-3-5-19(16)22/h2-9,18H,10-14H2,1H3,(H,26,27). The molecular formula is C21H23FN2O5. The lowest BCUT2D eigenvalue weighted by molar-refractivity contribution is -0.132. The highest BCUT2D eigenvalue weighted by Crippen LogP contribution is 2.17. The number of carboxylic acid groups (broad SMARTS) is 1. The largest absolute Gasteiger partial charge is 0.497 e. The van der Waals surface area contributed by atoms with Crippen LogP contribution in [0.4, 0.5) is 9.18 Å². The molecule has 0 radical (unpaired) electrons. The predicted molar refractivity (Wildman–Crippen MR) is 103 cm³/mol. The quantitative estimate of drug-likeness (QED) is 0.804. The number of hydrogen-bond acceptors (Lipinski definition) is 4. The van der Waals surface area contributed by atoms with Gasteiger partial charge in [0.1, 0.15) is 18.1 Å². The molecule has 1 fully saturated rings. The molecule has 1 aliphatic heterocycles. The van der Waals surface area contributed by atoms with Gasteiger partial charge in [-0.3, -0.25) is 9.69 Å². The van der Waals surface area contributed by atoms with Crippen molar-refractivity contribution < 1.29 is 28.6 Å². The Kier molecular flexibility index (Phi) is 6.66. The van der Waals surface area contributed by atoms with Gasteiger partial charge in [-0.2, -0.15) is 0 Å². The van der Waals surface area contributed by atoms with Crippen molar-refractivity contribution in [2.45, 2.75) is 19.3 Å². The van der Waals surface area contributed by atoms with Gasteiger partial charge in [-0.05, 0) is 23.8 Å². The van der Waals surface area contributed by atoms with Crippen LogP contribution in [0.3, 0.4) is 0 Å². The minimum absolute atomic E-state index is 0.00460. The van der Waals surface area contributed by atoms with Crippen molar-refractivity contribution in [3.8, 4) is 5.75 Å². The van der Waals surface area contributed by atoms with Gasteiger partial charge < -0.3 is 19.5 Å². The van der Waals surface area contributed by atoms with Crippen molar-refractivity contribution in [2.24, 2.45) is 0 Å². The summed E-state index contributed by atoms with van der Waals surface area (Å²) in [5, 5.41) is 9.39. The number of nitrogens with zero attached hydrogens (tertiary/aromatic N) is 2. The van der Waals surface area contributed by atoms with Crippen molar-refractivity contribution in [2.75, 3.05) is 26.7 Å². The number of halogens is 1. The third-order valence-electron chi connectivity index (χ3n) is 4.76. The lowest BCUT2D eigenvalue weighted by Crippen LogP contribution is -2.38. The molecule has 1 heterocycles. The molecule has 1 atom stereocenters.